The Bertz CT molecular complexity index is 271. The van der Waals surface area contributed by atoms with E-state index in [2.05, 4.69) is 42.6 Å². The van der Waals surface area contributed by atoms with Gasteiger partial charge in [0.2, 0.25) is 0 Å². The first-order valence-corrected chi connectivity index (χ1v) is 5.41. The van der Waals surface area contributed by atoms with E-state index in [0.29, 0.717) is 6.04 Å². The molecule has 0 bridgehead atoms. The summed E-state index contributed by atoms with van der Waals surface area (Å²) in [4.78, 5) is 1.34. The van der Waals surface area contributed by atoms with Gasteiger partial charge in [0.05, 0.1) is 6.04 Å². The molecule has 0 spiro atoms. The van der Waals surface area contributed by atoms with Crippen molar-refractivity contribution < 1.29 is 0 Å². The fourth-order valence-corrected chi connectivity index (χ4v) is 1.95. The van der Waals surface area contributed by atoms with E-state index in [1.165, 1.54) is 4.88 Å². The molecule has 1 aromatic rings. The van der Waals surface area contributed by atoms with E-state index < -0.39 is 0 Å². The van der Waals surface area contributed by atoms with Crippen LogP contribution < -0.4 is 5.32 Å². The lowest BCUT2D eigenvalue weighted by Gasteiger charge is -2.16. The van der Waals surface area contributed by atoms with E-state index in [1.807, 2.05) is 0 Å². The molecule has 1 heterocycles. The average Bonchev–Trinajstić information content (AvgIpc) is 2.66. The van der Waals surface area contributed by atoms with Crippen molar-refractivity contribution in [3.05, 3.63) is 22.4 Å². The molecule has 1 N–H and O–H groups in total. The van der Waals surface area contributed by atoms with E-state index in [9.17, 15) is 0 Å². The van der Waals surface area contributed by atoms with Crippen LogP contribution in [0.4, 0.5) is 0 Å². The van der Waals surface area contributed by atoms with E-state index >= 15 is 0 Å². The van der Waals surface area contributed by atoms with Gasteiger partial charge in [-0.25, -0.2) is 0 Å². The number of rotatable bonds is 4. The highest BCUT2D eigenvalue weighted by molar-refractivity contribution is 7.10. The Labute approximate surface area is 84.2 Å². The summed E-state index contributed by atoms with van der Waals surface area (Å²) in [5.41, 5.74) is 0. The van der Waals surface area contributed by atoms with Crippen LogP contribution in [0.15, 0.2) is 17.5 Å². The van der Waals surface area contributed by atoms with Crippen LogP contribution in [0.3, 0.4) is 0 Å². The van der Waals surface area contributed by atoms with Crippen LogP contribution in [0.5, 0.6) is 0 Å². The smallest absolute Gasteiger partial charge is 0.0689 e. The molecule has 13 heavy (non-hydrogen) atoms. The molecule has 0 radical (unpaired) electrons. The second-order valence-corrected chi connectivity index (χ2v) is 4.01. The van der Waals surface area contributed by atoms with Gasteiger partial charge in [0, 0.05) is 10.9 Å². The maximum atomic E-state index is 5.38. The van der Waals surface area contributed by atoms with Crippen LogP contribution in [-0.2, 0) is 0 Å². The summed E-state index contributed by atoms with van der Waals surface area (Å²) in [6.45, 7) is 4.24. The molecule has 1 nitrogen and oxygen atoms in total. The zero-order valence-corrected chi connectivity index (χ0v) is 8.90. The molecule has 1 aromatic heterocycles. The monoisotopic (exact) mass is 193 g/mol. The molecule has 0 aromatic carbocycles. The van der Waals surface area contributed by atoms with Gasteiger partial charge >= 0.3 is 0 Å². The van der Waals surface area contributed by atoms with Crippen LogP contribution in [0.2, 0.25) is 0 Å². The summed E-state index contributed by atoms with van der Waals surface area (Å²) in [5, 5.41) is 5.48. The summed E-state index contributed by atoms with van der Waals surface area (Å²) in [5.74, 6) is 2.74. The molecule has 0 amide bonds. The van der Waals surface area contributed by atoms with Gasteiger partial charge in [-0.2, -0.15) is 0 Å². The van der Waals surface area contributed by atoms with Gasteiger partial charge in [-0.1, -0.05) is 18.9 Å². The van der Waals surface area contributed by atoms with Crippen molar-refractivity contribution in [3.8, 4) is 12.3 Å². The summed E-state index contributed by atoms with van der Waals surface area (Å²) in [7, 11) is 0. The van der Waals surface area contributed by atoms with Gasteiger partial charge < -0.3 is 0 Å². The zero-order valence-electron chi connectivity index (χ0n) is 8.08. The Balaban J connectivity index is 2.51. The molecule has 2 heteroatoms. The number of terminal acetylenes is 1. The Morgan fingerprint density at radius 1 is 1.69 bits per heavy atom. The third kappa shape index (κ3) is 2.87. The standard InChI is InChI=1S/C11H15NS/c1-4-10(5-2)12-9(3)11-7-6-8-13-11/h1,6-10,12H,5H2,2-3H3/t9-,10?/m0/s1. The van der Waals surface area contributed by atoms with E-state index in [1.54, 1.807) is 11.3 Å². The van der Waals surface area contributed by atoms with Crippen molar-refractivity contribution in [1.29, 1.82) is 0 Å². The van der Waals surface area contributed by atoms with Crippen molar-refractivity contribution >= 4 is 11.3 Å². The Morgan fingerprint density at radius 3 is 2.92 bits per heavy atom. The van der Waals surface area contributed by atoms with Crippen molar-refractivity contribution in [3.63, 3.8) is 0 Å². The highest BCUT2D eigenvalue weighted by Crippen LogP contribution is 2.18. The Kier molecular flexibility index (Phi) is 4.01. The molecule has 70 valence electrons. The van der Waals surface area contributed by atoms with E-state index in [-0.39, 0.29) is 6.04 Å². The van der Waals surface area contributed by atoms with Crippen molar-refractivity contribution in [2.24, 2.45) is 0 Å². The fraction of sp³-hybridized carbons (Fsp3) is 0.455. The molecular weight excluding hydrogens is 178 g/mol. The molecule has 1 unspecified atom stereocenters. The number of nitrogens with one attached hydrogen (secondary N) is 1. The van der Waals surface area contributed by atoms with Gasteiger partial charge in [-0.15, -0.1) is 17.8 Å². The van der Waals surface area contributed by atoms with Crippen LogP contribution >= 0.6 is 11.3 Å². The lowest BCUT2D eigenvalue weighted by Crippen LogP contribution is -2.29. The Morgan fingerprint density at radius 2 is 2.46 bits per heavy atom. The van der Waals surface area contributed by atoms with Crippen LogP contribution in [0, 0.1) is 12.3 Å². The normalized spacial score (nSPS) is 14.8. The van der Waals surface area contributed by atoms with Gasteiger partial charge in [-0.05, 0) is 24.8 Å². The lowest BCUT2D eigenvalue weighted by molar-refractivity contribution is 0.518. The van der Waals surface area contributed by atoms with Gasteiger partial charge in [0.25, 0.3) is 0 Å². The quantitative estimate of drug-likeness (QED) is 0.725. The van der Waals surface area contributed by atoms with Crippen LogP contribution in [0.1, 0.15) is 31.2 Å². The molecule has 0 aliphatic carbocycles. The van der Waals surface area contributed by atoms with Gasteiger partial charge in [-0.3, -0.25) is 5.32 Å². The zero-order chi connectivity index (χ0) is 9.68. The van der Waals surface area contributed by atoms with Crippen molar-refractivity contribution in [2.75, 3.05) is 0 Å². The SMILES string of the molecule is C#CC(CC)N[C@@H](C)c1cccs1. The minimum absolute atomic E-state index is 0.192. The van der Waals surface area contributed by atoms with Crippen LogP contribution in [0.25, 0.3) is 0 Å². The summed E-state index contributed by atoms with van der Waals surface area (Å²) < 4.78 is 0. The average molecular weight is 193 g/mol. The Hall–Kier alpha value is -0.780. The summed E-state index contributed by atoms with van der Waals surface area (Å²) in [6.07, 6.45) is 6.35. The molecule has 0 fully saturated rings. The highest BCUT2D eigenvalue weighted by atomic mass is 32.1. The lowest BCUT2D eigenvalue weighted by atomic mass is 10.2. The molecular formula is C11H15NS. The molecule has 0 aliphatic heterocycles. The minimum atomic E-state index is 0.192. The molecule has 0 aliphatic rings. The number of thiophene rings is 1. The molecule has 1 rings (SSSR count). The van der Waals surface area contributed by atoms with Gasteiger partial charge in [0.15, 0.2) is 0 Å². The molecule has 0 saturated heterocycles. The van der Waals surface area contributed by atoms with E-state index in [4.69, 9.17) is 6.42 Å². The minimum Gasteiger partial charge on any atom is -0.296 e. The predicted molar refractivity (Wildman–Crippen MR) is 58.8 cm³/mol. The first kappa shape index (κ1) is 10.3. The third-order valence-electron chi connectivity index (χ3n) is 2.03. The third-order valence-corrected chi connectivity index (χ3v) is 3.09. The second kappa shape index (κ2) is 5.06. The number of hydrogen-bond donors (Lipinski definition) is 1. The summed E-state index contributed by atoms with van der Waals surface area (Å²) in [6, 6.07) is 4.75. The predicted octanol–water partition coefficient (Wildman–Crippen LogP) is 2.81. The molecule has 0 saturated carbocycles. The highest BCUT2D eigenvalue weighted by Gasteiger charge is 2.09. The topological polar surface area (TPSA) is 12.0 Å². The first-order valence-electron chi connectivity index (χ1n) is 4.53. The maximum absolute atomic E-state index is 5.38. The summed E-state index contributed by atoms with van der Waals surface area (Å²) >= 11 is 1.76. The maximum Gasteiger partial charge on any atom is 0.0689 e. The second-order valence-electron chi connectivity index (χ2n) is 3.03. The van der Waals surface area contributed by atoms with Crippen molar-refractivity contribution in [2.45, 2.75) is 32.4 Å². The van der Waals surface area contributed by atoms with Crippen LogP contribution in [-0.4, -0.2) is 6.04 Å². The first-order chi connectivity index (χ1) is 6.27. The fourth-order valence-electron chi connectivity index (χ4n) is 1.21. The largest absolute Gasteiger partial charge is 0.296 e. The molecule has 2 atom stereocenters. The number of hydrogen-bond acceptors (Lipinski definition) is 2. The van der Waals surface area contributed by atoms with Crippen molar-refractivity contribution in [1.82, 2.24) is 5.32 Å². The van der Waals surface area contributed by atoms with E-state index in [0.717, 1.165) is 6.42 Å². The van der Waals surface area contributed by atoms with Gasteiger partial charge in [0.1, 0.15) is 0 Å².